The highest BCUT2D eigenvalue weighted by molar-refractivity contribution is 5.95. The van der Waals surface area contributed by atoms with Gasteiger partial charge in [0.15, 0.2) is 0 Å². The van der Waals surface area contributed by atoms with Crippen molar-refractivity contribution < 1.29 is 19.5 Å². The van der Waals surface area contributed by atoms with Crippen molar-refractivity contribution in [2.75, 3.05) is 71.0 Å². The number of carbonyl (C=O) groups excluding carboxylic acids is 1. The van der Waals surface area contributed by atoms with Gasteiger partial charge in [-0.05, 0) is 42.0 Å². The summed E-state index contributed by atoms with van der Waals surface area (Å²) in [4.78, 5) is 21.6. The van der Waals surface area contributed by atoms with Crippen LogP contribution in [0.4, 0.5) is 5.82 Å². The monoisotopic (exact) mass is 541 g/mol. The fourth-order valence-corrected chi connectivity index (χ4v) is 4.71. The Balaban J connectivity index is 1.23. The SMILES string of the molecule is O=C(NO)c1cc(NCCN2CCOCC2)nc(-c2ccc(C#Cc3ccc(CN4CCOCC4)cc3)cc2)c1. The first kappa shape index (κ1) is 27.8. The van der Waals surface area contributed by atoms with Crippen LogP contribution in [-0.2, 0) is 16.0 Å². The van der Waals surface area contributed by atoms with Crippen LogP contribution in [0.1, 0.15) is 27.0 Å². The summed E-state index contributed by atoms with van der Waals surface area (Å²) in [5, 5.41) is 12.5. The molecule has 1 amide bonds. The van der Waals surface area contributed by atoms with Crippen LogP contribution in [0, 0.1) is 11.8 Å². The Morgan fingerprint density at radius 1 is 0.850 bits per heavy atom. The smallest absolute Gasteiger partial charge is 0.274 e. The molecule has 0 saturated carbocycles. The maximum absolute atomic E-state index is 12.2. The summed E-state index contributed by atoms with van der Waals surface area (Å²) in [6.45, 7) is 9.31. The number of aromatic nitrogens is 1. The zero-order valence-electron chi connectivity index (χ0n) is 22.6. The van der Waals surface area contributed by atoms with Crippen molar-refractivity contribution in [2.24, 2.45) is 0 Å². The van der Waals surface area contributed by atoms with Gasteiger partial charge in [0, 0.05) is 68.1 Å². The molecule has 0 aliphatic carbocycles. The average Bonchev–Trinajstić information content (AvgIpc) is 3.01. The van der Waals surface area contributed by atoms with Gasteiger partial charge >= 0.3 is 0 Å². The number of anilines is 1. The highest BCUT2D eigenvalue weighted by Gasteiger charge is 2.13. The van der Waals surface area contributed by atoms with Gasteiger partial charge in [-0.2, -0.15) is 0 Å². The maximum Gasteiger partial charge on any atom is 0.274 e. The lowest BCUT2D eigenvalue weighted by Crippen LogP contribution is -2.39. The first-order chi connectivity index (χ1) is 19.7. The zero-order valence-corrected chi connectivity index (χ0v) is 22.6. The van der Waals surface area contributed by atoms with Gasteiger partial charge in [-0.15, -0.1) is 0 Å². The number of amides is 1. The average molecular weight is 542 g/mol. The third kappa shape index (κ3) is 7.88. The summed E-state index contributed by atoms with van der Waals surface area (Å²) < 4.78 is 10.8. The van der Waals surface area contributed by atoms with E-state index >= 15 is 0 Å². The molecule has 9 heteroatoms. The Labute approximate surface area is 235 Å². The number of carbonyl (C=O) groups is 1. The molecule has 3 aromatic rings. The standard InChI is InChI=1S/C31H35N5O4/c37-31(34-38)28-21-29(33-30(22-28)32-11-12-35-13-17-39-18-14-35)27-9-7-25(8-10-27)2-1-24-3-5-26(6-4-24)23-36-15-19-40-20-16-36/h3-10,21-22,38H,11-20,23H2,(H,32,33)(H,34,37). The number of hydrogen-bond donors (Lipinski definition) is 3. The predicted molar refractivity (Wildman–Crippen MR) is 153 cm³/mol. The van der Waals surface area contributed by atoms with Crippen LogP contribution in [0.5, 0.6) is 0 Å². The highest BCUT2D eigenvalue weighted by atomic mass is 16.5. The molecule has 2 saturated heterocycles. The molecule has 0 atom stereocenters. The van der Waals surface area contributed by atoms with Crippen LogP contribution in [0.25, 0.3) is 11.3 Å². The number of ether oxygens (including phenoxy) is 2. The number of hydrogen-bond acceptors (Lipinski definition) is 8. The molecule has 5 rings (SSSR count). The second-order valence-corrected chi connectivity index (χ2v) is 9.86. The van der Waals surface area contributed by atoms with Gasteiger partial charge in [0.1, 0.15) is 5.82 Å². The van der Waals surface area contributed by atoms with Crippen LogP contribution in [0.2, 0.25) is 0 Å². The van der Waals surface area contributed by atoms with E-state index in [9.17, 15) is 10.0 Å². The van der Waals surface area contributed by atoms with E-state index in [1.54, 1.807) is 17.6 Å². The Morgan fingerprint density at radius 3 is 2.08 bits per heavy atom. The largest absolute Gasteiger partial charge is 0.379 e. The van der Waals surface area contributed by atoms with Crippen LogP contribution in [0.3, 0.4) is 0 Å². The lowest BCUT2D eigenvalue weighted by atomic mass is 10.1. The van der Waals surface area contributed by atoms with Crippen LogP contribution < -0.4 is 10.8 Å². The molecule has 2 fully saturated rings. The second-order valence-electron chi connectivity index (χ2n) is 9.86. The topological polar surface area (TPSA) is 99.2 Å². The minimum Gasteiger partial charge on any atom is -0.379 e. The number of morpholine rings is 2. The zero-order chi connectivity index (χ0) is 27.6. The van der Waals surface area contributed by atoms with E-state index in [4.69, 9.17) is 14.5 Å². The van der Waals surface area contributed by atoms with Gasteiger partial charge < -0.3 is 14.8 Å². The molecule has 40 heavy (non-hydrogen) atoms. The molecule has 1 aromatic heterocycles. The first-order valence-corrected chi connectivity index (χ1v) is 13.7. The van der Waals surface area contributed by atoms with E-state index in [2.05, 4.69) is 51.2 Å². The van der Waals surface area contributed by atoms with Gasteiger partial charge in [-0.3, -0.25) is 19.8 Å². The van der Waals surface area contributed by atoms with Crippen LogP contribution >= 0.6 is 0 Å². The van der Waals surface area contributed by atoms with E-state index < -0.39 is 5.91 Å². The van der Waals surface area contributed by atoms with E-state index in [1.165, 1.54) is 5.56 Å². The first-order valence-electron chi connectivity index (χ1n) is 13.7. The molecule has 2 aliphatic heterocycles. The van der Waals surface area contributed by atoms with Crippen molar-refractivity contribution in [3.63, 3.8) is 0 Å². The molecular weight excluding hydrogens is 506 g/mol. The van der Waals surface area contributed by atoms with E-state index in [0.29, 0.717) is 23.6 Å². The molecule has 3 heterocycles. The summed E-state index contributed by atoms with van der Waals surface area (Å²) in [6.07, 6.45) is 0. The third-order valence-corrected chi connectivity index (χ3v) is 7.02. The predicted octanol–water partition coefficient (Wildman–Crippen LogP) is 2.84. The van der Waals surface area contributed by atoms with E-state index in [0.717, 1.165) is 82.4 Å². The van der Waals surface area contributed by atoms with Crippen molar-refractivity contribution in [2.45, 2.75) is 6.54 Å². The Bertz CT molecular complexity index is 1320. The van der Waals surface area contributed by atoms with Crippen LogP contribution in [-0.4, -0.2) is 91.6 Å². The molecule has 0 bridgehead atoms. The number of rotatable bonds is 8. The number of pyridine rings is 1. The molecule has 2 aliphatic rings. The lowest BCUT2D eigenvalue weighted by Gasteiger charge is -2.26. The molecular formula is C31H35N5O4. The summed E-state index contributed by atoms with van der Waals surface area (Å²) in [6, 6.07) is 19.5. The molecule has 2 aromatic carbocycles. The molecule has 3 N–H and O–H groups in total. The summed E-state index contributed by atoms with van der Waals surface area (Å²) in [7, 11) is 0. The Kier molecular flexibility index (Phi) is 9.74. The van der Waals surface area contributed by atoms with Crippen LogP contribution in [0.15, 0.2) is 60.7 Å². The molecule has 9 nitrogen and oxygen atoms in total. The molecule has 0 unspecified atom stereocenters. The van der Waals surface area contributed by atoms with Crippen molar-refractivity contribution in [3.05, 3.63) is 82.9 Å². The number of benzene rings is 2. The van der Waals surface area contributed by atoms with E-state index in [-0.39, 0.29) is 0 Å². The molecule has 208 valence electrons. The van der Waals surface area contributed by atoms with Gasteiger partial charge in [-0.25, -0.2) is 10.5 Å². The van der Waals surface area contributed by atoms with Gasteiger partial charge in [0.25, 0.3) is 5.91 Å². The number of hydroxylamine groups is 1. The minimum atomic E-state index is -0.585. The highest BCUT2D eigenvalue weighted by Crippen LogP contribution is 2.22. The molecule has 0 spiro atoms. The van der Waals surface area contributed by atoms with E-state index in [1.807, 2.05) is 24.3 Å². The second kappa shape index (κ2) is 14.0. The van der Waals surface area contributed by atoms with Gasteiger partial charge in [0.2, 0.25) is 0 Å². The van der Waals surface area contributed by atoms with Crippen molar-refractivity contribution in [3.8, 4) is 23.1 Å². The van der Waals surface area contributed by atoms with Crippen molar-refractivity contribution >= 4 is 11.7 Å². The summed E-state index contributed by atoms with van der Waals surface area (Å²) in [5.74, 6) is 6.46. The van der Waals surface area contributed by atoms with Gasteiger partial charge in [0.05, 0.1) is 32.1 Å². The van der Waals surface area contributed by atoms with Crippen molar-refractivity contribution in [1.82, 2.24) is 20.3 Å². The quantitative estimate of drug-likeness (QED) is 0.228. The third-order valence-electron chi connectivity index (χ3n) is 7.02. The van der Waals surface area contributed by atoms with Gasteiger partial charge in [-0.1, -0.05) is 36.1 Å². The fourth-order valence-electron chi connectivity index (χ4n) is 4.71. The Hall–Kier alpha value is -3.78. The Morgan fingerprint density at radius 2 is 1.45 bits per heavy atom. The summed E-state index contributed by atoms with van der Waals surface area (Å²) >= 11 is 0. The fraction of sp³-hybridized carbons (Fsp3) is 0.355. The molecule has 0 radical (unpaired) electrons. The minimum absolute atomic E-state index is 0.322. The summed E-state index contributed by atoms with van der Waals surface area (Å²) in [5.41, 5.74) is 6.64. The normalized spacial score (nSPS) is 16.1. The number of nitrogens with zero attached hydrogens (tertiary/aromatic N) is 3. The maximum atomic E-state index is 12.2. The number of nitrogens with one attached hydrogen (secondary N) is 2. The van der Waals surface area contributed by atoms with Crippen molar-refractivity contribution in [1.29, 1.82) is 0 Å². The lowest BCUT2D eigenvalue weighted by molar-refractivity contribution is 0.0342.